The van der Waals surface area contributed by atoms with Gasteiger partial charge in [-0.3, -0.25) is 14.8 Å². The molecule has 0 radical (unpaired) electrons. The van der Waals surface area contributed by atoms with Gasteiger partial charge < -0.3 is 5.32 Å². The molecule has 2 aromatic rings. The van der Waals surface area contributed by atoms with Gasteiger partial charge in [0, 0.05) is 17.7 Å². The van der Waals surface area contributed by atoms with Crippen molar-refractivity contribution in [3.63, 3.8) is 0 Å². The molecular weight excluding hydrogens is 340 g/mol. The zero-order chi connectivity index (χ0) is 19.2. The third kappa shape index (κ3) is 5.39. The molecule has 5 heteroatoms. The summed E-state index contributed by atoms with van der Waals surface area (Å²) in [6.07, 6.45) is 6.79. The van der Waals surface area contributed by atoms with E-state index in [0.717, 1.165) is 35.1 Å². The Labute approximate surface area is 158 Å². The van der Waals surface area contributed by atoms with E-state index >= 15 is 0 Å². The molecule has 138 valence electrons. The van der Waals surface area contributed by atoms with Crippen LogP contribution in [0.1, 0.15) is 35.1 Å². The maximum Gasteiger partial charge on any atom is 0.267 e. The molecule has 27 heavy (non-hydrogen) atoms. The molecule has 1 saturated carbocycles. The Hall–Kier alpha value is -3.18. The van der Waals surface area contributed by atoms with Gasteiger partial charge in [0.25, 0.3) is 11.8 Å². The van der Waals surface area contributed by atoms with E-state index in [4.69, 9.17) is 5.21 Å². The first kappa shape index (κ1) is 18.6. The largest absolute Gasteiger partial charge is 0.349 e. The topological polar surface area (TPSA) is 78.4 Å². The molecule has 0 atom stereocenters. The maximum absolute atomic E-state index is 12.7. The lowest BCUT2D eigenvalue weighted by Crippen LogP contribution is -2.26. The normalized spacial score (nSPS) is 14.2. The van der Waals surface area contributed by atoms with E-state index < -0.39 is 5.91 Å². The van der Waals surface area contributed by atoms with Crippen LogP contribution in [-0.2, 0) is 9.59 Å². The summed E-state index contributed by atoms with van der Waals surface area (Å²) in [4.78, 5) is 23.8. The minimum atomic E-state index is -0.586. The van der Waals surface area contributed by atoms with Crippen LogP contribution in [0, 0.1) is 6.92 Å². The standard InChI is InChI=1S/C22H22N2O3/c1-15-3-2-4-18(13-15)20(22(26)23-19-10-11-19)14-17-7-5-16(6-8-17)9-12-21(25)24-27/h2-9,12-14,19,27H,10-11H2,1H3,(H,23,26)(H,24,25)/b12-9+,20-14+. The molecular formula is C22H22N2O3. The summed E-state index contributed by atoms with van der Waals surface area (Å²) in [5, 5.41) is 11.6. The second kappa shape index (κ2) is 8.47. The molecule has 1 aliphatic carbocycles. The van der Waals surface area contributed by atoms with Crippen LogP contribution in [0.3, 0.4) is 0 Å². The highest BCUT2D eigenvalue weighted by atomic mass is 16.5. The van der Waals surface area contributed by atoms with Crippen molar-refractivity contribution in [1.82, 2.24) is 10.8 Å². The highest BCUT2D eigenvalue weighted by Gasteiger charge is 2.25. The number of rotatable bonds is 6. The highest BCUT2D eigenvalue weighted by Crippen LogP contribution is 2.24. The second-order valence-electron chi connectivity index (χ2n) is 6.65. The number of carbonyl (C=O) groups excluding carboxylic acids is 2. The summed E-state index contributed by atoms with van der Waals surface area (Å²) in [5.41, 5.74) is 5.87. The first-order valence-electron chi connectivity index (χ1n) is 8.87. The Morgan fingerprint density at radius 3 is 2.41 bits per heavy atom. The number of hydrogen-bond acceptors (Lipinski definition) is 3. The molecule has 2 aromatic carbocycles. The van der Waals surface area contributed by atoms with Gasteiger partial charge in [0.1, 0.15) is 0 Å². The molecule has 1 fully saturated rings. The molecule has 3 N–H and O–H groups in total. The molecule has 0 saturated heterocycles. The maximum atomic E-state index is 12.7. The zero-order valence-electron chi connectivity index (χ0n) is 15.1. The van der Waals surface area contributed by atoms with Crippen LogP contribution < -0.4 is 10.8 Å². The fraction of sp³-hybridized carbons (Fsp3) is 0.182. The first-order chi connectivity index (χ1) is 13.0. The van der Waals surface area contributed by atoms with Gasteiger partial charge in [-0.15, -0.1) is 0 Å². The zero-order valence-corrected chi connectivity index (χ0v) is 15.1. The van der Waals surface area contributed by atoms with E-state index in [0.29, 0.717) is 5.57 Å². The van der Waals surface area contributed by atoms with E-state index in [1.54, 1.807) is 11.6 Å². The lowest BCUT2D eigenvalue weighted by molar-refractivity contribution is -0.124. The Balaban J connectivity index is 1.87. The molecule has 0 aromatic heterocycles. The van der Waals surface area contributed by atoms with Crippen LogP contribution in [0.25, 0.3) is 17.7 Å². The van der Waals surface area contributed by atoms with Crippen LogP contribution in [0.2, 0.25) is 0 Å². The number of carbonyl (C=O) groups is 2. The smallest absolute Gasteiger partial charge is 0.267 e. The summed E-state index contributed by atoms with van der Waals surface area (Å²) in [6.45, 7) is 2.00. The van der Waals surface area contributed by atoms with Crippen LogP contribution in [0.5, 0.6) is 0 Å². The Bertz CT molecular complexity index is 894. The summed E-state index contributed by atoms with van der Waals surface area (Å²) in [5.74, 6) is -0.649. The predicted molar refractivity (Wildman–Crippen MR) is 106 cm³/mol. The minimum absolute atomic E-state index is 0.0633. The number of hydrogen-bond donors (Lipinski definition) is 3. The van der Waals surface area contributed by atoms with Crippen molar-refractivity contribution in [2.45, 2.75) is 25.8 Å². The van der Waals surface area contributed by atoms with Crippen molar-refractivity contribution in [2.75, 3.05) is 0 Å². The van der Waals surface area contributed by atoms with Crippen molar-refractivity contribution in [3.05, 3.63) is 76.9 Å². The molecule has 0 spiro atoms. The quantitative estimate of drug-likeness (QED) is 0.319. The van der Waals surface area contributed by atoms with Gasteiger partial charge in [-0.25, -0.2) is 5.48 Å². The first-order valence-corrected chi connectivity index (χ1v) is 8.87. The molecule has 1 aliphatic rings. The van der Waals surface area contributed by atoms with E-state index in [9.17, 15) is 9.59 Å². The SMILES string of the molecule is Cc1cccc(/C(=C\c2ccc(/C=C/C(=O)NO)cc2)C(=O)NC2CC2)c1. The molecule has 0 aliphatic heterocycles. The number of hydroxylamine groups is 1. The highest BCUT2D eigenvalue weighted by molar-refractivity contribution is 6.24. The van der Waals surface area contributed by atoms with E-state index in [1.165, 1.54) is 6.08 Å². The second-order valence-corrected chi connectivity index (χ2v) is 6.65. The van der Waals surface area contributed by atoms with Crippen molar-refractivity contribution in [3.8, 4) is 0 Å². The summed E-state index contributed by atoms with van der Waals surface area (Å²) in [7, 11) is 0. The average Bonchev–Trinajstić information content (AvgIpc) is 3.49. The van der Waals surface area contributed by atoms with E-state index in [1.807, 2.05) is 61.5 Å². The van der Waals surface area contributed by atoms with Crippen molar-refractivity contribution < 1.29 is 14.8 Å². The summed E-state index contributed by atoms with van der Waals surface area (Å²) < 4.78 is 0. The van der Waals surface area contributed by atoms with E-state index in [2.05, 4.69) is 5.32 Å². The monoisotopic (exact) mass is 362 g/mol. The van der Waals surface area contributed by atoms with Gasteiger partial charge in [-0.05, 0) is 48.6 Å². The number of amides is 2. The van der Waals surface area contributed by atoms with Gasteiger partial charge in [-0.1, -0.05) is 54.1 Å². The molecule has 5 nitrogen and oxygen atoms in total. The van der Waals surface area contributed by atoms with Gasteiger partial charge in [0.15, 0.2) is 0 Å². The average molecular weight is 362 g/mol. The van der Waals surface area contributed by atoms with Crippen molar-refractivity contribution >= 4 is 29.5 Å². The molecule has 0 bridgehead atoms. The number of nitrogens with one attached hydrogen (secondary N) is 2. The lowest BCUT2D eigenvalue weighted by atomic mass is 9.99. The molecule has 2 amide bonds. The van der Waals surface area contributed by atoms with Gasteiger partial charge in [0.2, 0.25) is 0 Å². The number of aryl methyl sites for hydroxylation is 1. The summed E-state index contributed by atoms with van der Waals surface area (Å²) >= 11 is 0. The lowest BCUT2D eigenvalue weighted by Gasteiger charge is -2.10. The number of benzene rings is 2. The predicted octanol–water partition coefficient (Wildman–Crippen LogP) is 3.33. The fourth-order valence-electron chi connectivity index (χ4n) is 2.66. The van der Waals surface area contributed by atoms with Gasteiger partial charge >= 0.3 is 0 Å². The van der Waals surface area contributed by atoms with Gasteiger partial charge in [0.05, 0.1) is 0 Å². The van der Waals surface area contributed by atoms with Crippen molar-refractivity contribution in [2.24, 2.45) is 0 Å². The molecule has 0 heterocycles. The Morgan fingerprint density at radius 2 is 1.78 bits per heavy atom. The van der Waals surface area contributed by atoms with Crippen LogP contribution in [0.4, 0.5) is 0 Å². The van der Waals surface area contributed by atoms with Crippen LogP contribution in [0.15, 0.2) is 54.6 Å². The fourth-order valence-corrected chi connectivity index (χ4v) is 2.66. The van der Waals surface area contributed by atoms with Crippen LogP contribution >= 0.6 is 0 Å². The van der Waals surface area contributed by atoms with Crippen LogP contribution in [-0.4, -0.2) is 23.1 Å². The minimum Gasteiger partial charge on any atom is -0.349 e. The molecule has 0 unspecified atom stereocenters. The van der Waals surface area contributed by atoms with Crippen molar-refractivity contribution in [1.29, 1.82) is 0 Å². The Morgan fingerprint density at radius 1 is 1.07 bits per heavy atom. The third-order valence-corrected chi connectivity index (χ3v) is 4.27. The Kier molecular flexibility index (Phi) is 5.84. The summed E-state index contributed by atoms with van der Waals surface area (Å²) in [6, 6.07) is 15.6. The van der Waals surface area contributed by atoms with E-state index in [-0.39, 0.29) is 11.9 Å². The molecule has 3 rings (SSSR count). The third-order valence-electron chi connectivity index (χ3n) is 4.27. The van der Waals surface area contributed by atoms with Gasteiger partial charge in [-0.2, -0.15) is 0 Å².